The average Bonchev–Trinajstić information content (AvgIpc) is 3.46. The fourth-order valence-electron chi connectivity index (χ4n) is 5.40. The van der Waals surface area contributed by atoms with Crippen LogP contribution in [0.15, 0.2) is 71.6 Å². The van der Waals surface area contributed by atoms with Crippen molar-refractivity contribution in [2.24, 2.45) is 0 Å². The Morgan fingerprint density at radius 2 is 1.77 bits per heavy atom. The highest BCUT2D eigenvalue weighted by Gasteiger charge is 2.35. The van der Waals surface area contributed by atoms with E-state index >= 15 is 0 Å². The molecule has 1 fully saturated rings. The molecular formula is C32H39F2N3O5S. The number of hydrogen-bond acceptors (Lipinski definition) is 6. The van der Waals surface area contributed by atoms with Gasteiger partial charge in [-0.3, -0.25) is 4.79 Å². The summed E-state index contributed by atoms with van der Waals surface area (Å²) >= 11 is 0. The number of aryl methyl sites for hydroxylation is 1. The van der Waals surface area contributed by atoms with Gasteiger partial charge in [0.25, 0.3) is 5.91 Å². The zero-order valence-electron chi connectivity index (χ0n) is 24.4. The molecule has 3 aromatic carbocycles. The highest BCUT2D eigenvalue weighted by atomic mass is 32.2. The SMILES string of the molecule is CCc1cccc(CNC[C@H](O)[C@H](Cc2cc(F)cc(F)c2)NC(=O)c2cccc(S(=O)(=O)N3CCC[C@@H]3COC)c2)c1. The summed E-state index contributed by atoms with van der Waals surface area (Å²) in [4.78, 5) is 13.4. The Labute approximate surface area is 252 Å². The molecular weight excluding hydrogens is 576 g/mol. The van der Waals surface area contributed by atoms with Gasteiger partial charge in [0.05, 0.1) is 23.6 Å². The summed E-state index contributed by atoms with van der Waals surface area (Å²) in [5, 5.41) is 17.1. The van der Waals surface area contributed by atoms with Gasteiger partial charge in [-0.25, -0.2) is 17.2 Å². The quantitative estimate of drug-likeness (QED) is 0.255. The minimum absolute atomic E-state index is 0.0246. The fraction of sp³-hybridized carbons (Fsp3) is 0.406. The van der Waals surface area contributed by atoms with Crippen molar-refractivity contribution in [3.05, 3.63) is 101 Å². The number of hydrogen-bond donors (Lipinski definition) is 3. The van der Waals surface area contributed by atoms with E-state index in [1.165, 1.54) is 41.2 Å². The van der Waals surface area contributed by atoms with Crippen LogP contribution < -0.4 is 10.6 Å². The number of methoxy groups -OCH3 is 1. The van der Waals surface area contributed by atoms with Crippen molar-refractivity contribution in [2.75, 3.05) is 26.8 Å². The van der Waals surface area contributed by atoms with E-state index in [1.54, 1.807) is 0 Å². The van der Waals surface area contributed by atoms with Gasteiger partial charge < -0.3 is 20.5 Å². The van der Waals surface area contributed by atoms with Crippen molar-refractivity contribution in [3.63, 3.8) is 0 Å². The number of aliphatic hydroxyl groups is 1. The number of carbonyl (C=O) groups is 1. The van der Waals surface area contributed by atoms with Gasteiger partial charge in [-0.15, -0.1) is 0 Å². The van der Waals surface area contributed by atoms with Crippen LogP contribution in [0.25, 0.3) is 0 Å². The highest BCUT2D eigenvalue weighted by Crippen LogP contribution is 2.27. The van der Waals surface area contributed by atoms with E-state index in [9.17, 15) is 27.1 Å². The molecule has 0 aliphatic carbocycles. The largest absolute Gasteiger partial charge is 0.390 e. The van der Waals surface area contributed by atoms with E-state index in [-0.39, 0.29) is 41.6 Å². The van der Waals surface area contributed by atoms with Gasteiger partial charge >= 0.3 is 0 Å². The Balaban J connectivity index is 1.51. The van der Waals surface area contributed by atoms with Gasteiger partial charge in [-0.1, -0.05) is 37.3 Å². The molecule has 3 aromatic rings. The molecule has 0 saturated carbocycles. The molecule has 1 amide bonds. The summed E-state index contributed by atoms with van der Waals surface area (Å²) in [6, 6.07) is 15.6. The highest BCUT2D eigenvalue weighted by molar-refractivity contribution is 7.89. The lowest BCUT2D eigenvalue weighted by Gasteiger charge is -2.26. The summed E-state index contributed by atoms with van der Waals surface area (Å²) in [5.41, 5.74) is 2.55. The predicted molar refractivity (Wildman–Crippen MR) is 160 cm³/mol. The summed E-state index contributed by atoms with van der Waals surface area (Å²) in [5.74, 6) is -2.16. The maximum absolute atomic E-state index is 13.9. The van der Waals surface area contributed by atoms with Crippen LogP contribution in [0.3, 0.4) is 0 Å². The summed E-state index contributed by atoms with van der Waals surface area (Å²) in [7, 11) is -2.36. The predicted octanol–water partition coefficient (Wildman–Crippen LogP) is 3.82. The second-order valence-electron chi connectivity index (χ2n) is 10.8. The maximum atomic E-state index is 13.9. The minimum atomic E-state index is -3.88. The molecule has 11 heteroatoms. The average molecular weight is 616 g/mol. The molecule has 4 rings (SSSR count). The molecule has 3 N–H and O–H groups in total. The lowest BCUT2D eigenvalue weighted by molar-refractivity contribution is 0.0829. The van der Waals surface area contributed by atoms with Crippen LogP contribution in [0.4, 0.5) is 8.78 Å². The van der Waals surface area contributed by atoms with Crippen LogP contribution in [0.2, 0.25) is 0 Å². The number of ether oxygens (including phenoxy) is 1. The van der Waals surface area contributed by atoms with Gasteiger partial charge in [-0.05, 0) is 72.7 Å². The Morgan fingerprint density at radius 1 is 1.05 bits per heavy atom. The number of amides is 1. The first-order valence-electron chi connectivity index (χ1n) is 14.4. The summed E-state index contributed by atoms with van der Waals surface area (Å²) in [6.45, 7) is 3.26. The second kappa shape index (κ2) is 15.0. The third-order valence-corrected chi connectivity index (χ3v) is 9.57. The van der Waals surface area contributed by atoms with E-state index in [1.807, 2.05) is 18.2 Å². The molecule has 0 radical (unpaired) electrons. The molecule has 43 heavy (non-hydrogen) atoms. The summed E-state index contributed by atoms with van der Waals surface area (Å²) in [6.07, 6.45) is 1.11. The molecule has 0 unspecified atom stereocenters. The maximum Gasteiger partial charge on any atom is 0.251 e. The van der Waals surface area contributed by atoms with Gasteiger partial charge in [0.15, 0.2) is 0 Å². The molecule has 1 heterocycles. The zero-order valence-corrected chi connectivity index (χ0v) is 25.2. The van der Waals surface area contributed by atoms with E-state index < -0.39 is 39.7 Å². The van der Waals surface area contributed by atoms with E-state index in [2.05, 4.69) is 23.6 Å². The molecule has 232 valence electrons. The number of nitrogens with one attached hydrogen (secondary N) is 2. The number of rotatable bonds is 14. The fourth-order valence-corrected chi connectivity index (χ4v) is 7.13. The normalized spacial score (nSPS) is 17.1. The Hall–Kier alpha value is -3.22. The van der Waals surface area contributed by atoms with Crippen LogP contribution >= 0.6 is 0 Å². The zero-order chi connectivity index (χ0) is 31.0. The van der Waals surface area contributed by atoms with Gasteiger partial charge in [0.2, 0.25) is 10.0 Å². The Bertz CT molecular complexity index is 1480. The first-order valence-corrected chi connectivity index (χ1v) is 15.9. The number of aliphatic hydroxyl groups excluding tert-OH is 1. The monoisotopic (exact) mass is 615 g/mol. The van der Waals surface area contributed by atoms with Crippen LogP contribution in [0.1, 0.15) is 46.8 Å². The smallest absolute Gasteiger partial charge is 0.251 e. The van der Waals surface area contributed by atoms with E-state index in [4.69, 9.17) is 4.74 Å². The van der Waals surface area contributed by atoms with Crippen molar-refractivity contribution in [1.29, 1.82) is 0 Å². The molecule has 1 aliphatic rings. The number of nitrogens with zero attached hydrogens (tertiary/aromatic N) is 1. The standard InChI is InChI=1S/C32H39F2N3O5S/c1-3-22-7-4-8-23(13-22)19-35-20-31(38)30(16-24-14-26(33)18-27(34)15-24)36-32(39)25-9-5-11-29(17-25)43(40,41)37-12-6-10-28(37)21-42-2/h4-5,7-9,11,13-15,17-18,28,30-31,35,38H,3,6,10,12,16,19-21H2,1-2H3,(H,36,39)/t28-,30+,31+/m1/s1. The molecule has 0 spiro atoms. The van der Waals surface area contributed by atoms with Crippen molar-refractivity contribution < 1.29 is 31.8 Å². The Morgan fingerprint density at radius 3 is 2.49 bits per heavy atom. The minimum Gasteiger partial charge on any atom is -0.390 e. The van der Waals surface area contributed by atoms with E-state index in [0.717, 1.165) is 30.2 Å². The van der Waals surface area contributed by atoms with Gasteiger partial charge in [0, 0.05) is 44.4 Å². The topological polar surface area (TPSA) is 108 Å². The van der Waals surface area contributed by atoms with Crippen molar-refractivity contribution in [1.82, 2.24) is 14.9 Å². The van der Waals surface area contributed by atoms with Crippen LogP contribution in [-0.4, -0.2) is 68.7 Å². The third kappa shape index (κ3) is 8.67. The number of carbonyl (C=O) groups excluding carboxylic acids is 1. The van der Waals surface area contributed by atoms with Crippen molar-refractivity contribution >= 4 is 15.9 Å². The molecule has 3 atom stereocenters. The first-order chi connectivity index (χ1) is 20.6. The number of halogens is 2. The van der Waals surface area contributed by atoms with Crippen LogP contribution in [0, 0.1) is 11.6 Å². The molecule has 0 aromatic heterocycles. The van der Waals surface area contributed by atoms with Crippen LogP contribution in [0.5, 0.6) is 0 Å². The lowest BCUT2D eigenvalue weighted by Crippen LogP contribution is -2.48. The van der Waals surface area contributed by atoms with Gasteiger partial charge in [0.1, 0.15) is 11.6 Å². The number of sulfonamides is 1. The number of benzene rings is 3. The molecule has 0 bridgehead atoms. The van der Waals surface area contributed by atoms with E-state index in [0.29, 0.717) is 25.9 Å². The second-order valence-corrected chi connectivity index (χ2v) is 12.7. The lowest BCUT2D eigenvalue weighted by atomic mass is 10.00. The summed E-state index contributed by atoms with van der Waals surface area (Å²) < 4.78 is 61.3. The van der Waals surface area contributed by atoms with Gasteiger partial charge in [-0.2, -0.15) is 4.31 Å². The van der Waals surface area contributed by atoms with Crippen LogP contribution in [-0.2, 0) is 34.1 Å². The van der Waals surface area contributed by atoms with Crippen molar-refractivity contribution in [3.8, 4) is 0 Å². The molecule has 8 nitrogen and oxygen atoms in total. The van der Waals surface area contributed by atoms with Crippen molar-refractivity contribution in [2.45, 2.75) is 62.2 Å². The Kier molecular flexibility index (Phi) is 11.4. The first kappa shape index (κ1) is 32.7. The molecule has 1 saturated heterocycles. The third-order valence-electron chi connectivity index (χ3n) is 7.63. The molecule has 1 aliphatic heterocycles.